The number of aryl methyl sites for hydroxylation is 1. The number of carbonyl (C=O) groups is 1. The summed E-state index contributed by atoms with van der Waals surface area (Å²) in [6, 6.07) is 1.56. The SMILES string of the molecule is CCOC(=O)c1ccnc(NCCc2cnn(C)c2)c1N. The molecule has 0 aliphatic carbocycles. The fourth-order valence-electron chi connectivity index (χ4n) is 1.93. The van der Waals surface area contributed by atoms with Crippen LogP contribution in [-0.2, 0) is 18.2 Å². The smallest absolute Gasteiger partial charge is 0.340 e. The van der Waals surface area contributed by atoms with Gasteiger partial charge in [0.1, 0.15) is 5.82 Å². The standard InChI is InChI=1S/C14H19N5O2/c1-3-21-14(20)11-5-7-17-13(12(11)15)16-6-4-10-8-18-19(2)9-10/h5,7-9H,3-4,6,15H2,1-2H3,(H,16,17). The fraction of sp³-hybridized carbons (Fsp3) is 0.357. The third kappa shape index (κ3) is 3.71. The van der Waals surface area contributed by atoms with Gasteiger partial charge in [-0.1, -0.05) is 0 Å². The van der Waals surface area contributed by atoms with E-state index in [0.717, 1.165) is 12.0 Å². The zero-order valence-electron chi connectivity index (χ0n) is 12.2. The van der Waals surface area contributed by atoms with Crippen LogP contribution in [-0.4, -0.2) is 33.9 Å². The van der Waals surface area contributed by atoms with Crippen molar-refractivity contribution < 1.29 is 9.53 Å². The second kappa shape index (κ2) is 6.74. The monoisotopic (exact) mass is 289 g/mol. The number of aromatic nitrogens is 3. The van der Waals surface area contributed by atoms with Crippen molar-refractivity contribution in [3.63, 3.8) is 0 Å². The van der Waals surface area contributed by atoms with Gasteiger partial charge in [-0.05, 0) is 25.0 Å². The highest BCUT2D eigenvalue weighted by Gasteiger charge is 2.14. The molecule has 0 fully saturated rings. The molecule has 21 heavy (non-hydrogen) atoms. The van der Waals surface area contributed by atoms with Crippen LogP contribution in [0.4, 0.5) is 11.5 Å². The van der Waals surface area contributed by atoms with Crippen molar-refractivity contribution >= 4 is 17.5 Å². The summed E-state index contributed by atoms with van der Waals surface area (Å²) in [6.45, 7) is 2.71. The number of nitrogens with zero attached hydrogens (tertiary/aromatic N) is 3. The van der Waals surface area contributed by atoms with Crippen LogP contribution in [0.1, 0.15) is 22.8 Å². The van der Waals surface area contributed by atoms with Crippen molar-refractivity contribution in [1.82, 2.24) is 14.8 Å². The van der Waals surface area contributed by atoms with Gasteiger partial charge in [0.2, 0.25) is 0 Å². The van der Waals surface area contributed by atoms with Gasteiger partial charge in [-0.15, -0.1) is 0 Å². The van der Waals surface area contributed by atoms with E-state index < -0.39 is 5.97 Å². The largest absolute Gasteiger partial charge is 0.462 e. The molecule has 2 aromatic rings. The maximum absolute atomic E-state index is 11.7. The molecule has 0 saturated heterocycles. The summed E-state index contributed by atoms with van der Waals surface area (Å²) in [4.78, 5) is 15.9. The van der Waals surface area contributed by atoms with Crippen LogP contribution in [0.15, 0.2) is 24.7 Å². The minimum Gasteiger partial charge on any atom is -0.462 e. The molecule has 0 unspecified atom stereocenters. The summed E-state index contributed by atoms with van der Waals surface area (Å²) >= 11 is 0. The molecule has 7 heteroatoms. The number of carbonyl (C=O) groups excluding carboxylic acids is 1. The second-order valence-corrected chi connectivity index (χ2v) is 4.54. The number of rotatable bonds is 6. The van der Waals surface area contributed by atoms with Crippen LogP contribution in [0.2, 0.25) is 0 Å². The Morgan fingerprint density at radius 3 is 3.00 bits per heavy atom. The van der Waals surface area contributed by atoms with E-state index in [1.54, 1.807) is 17.7 Å². The lowest BCUT2D eigenvalue weighted by molar-refractivity contribution is 0.0527. The van der Waals surface area contributed by atoms with E-state index in [-0.39, 0.29) is 0 Å². The van der Waals surface area contributed by atoms with Crippen LogP contribution in [0, 0.1) is 0 Å². The lowest BCUT2D eigenvalue weighted by Gasteiger charge is -2.10. The van der Waals surface area contributed by atoms with Crippen LogP contribution in [0.25, 0.3) is 0 Å². The Hall–Kier alpha value is -2.57. The van der Waals surface area contributed by atoms with E-state index in [1.165, 1.54) is 6.20 Å². The zero-order chi connectivity index (χ0) is 15.2. The van der Waals surface area contributed by atoms with Gasteiger partial charge in [0.25, 0.3) is 0 Å². The van der Waals surface area contributed by atoms with Crippen molar-refractivity contribution in [3.8, 4) is 0 Å². The minimum absolute atomic E-state index is 0.308. The van der Waals surface area contributed by atoms with Crippen molar-refractivity contribution in [1.29, 1.82) is 0 Å². The first-order chi connectivity index (χ1) is 10.1. The molecule has 0 atom stereocenters. The van der Waals surface area contributed by atoms with Gasteiger partial charge in [-0.25, -0.2) is 9.78 Å². The van der Waals surface area contributed by atoms with E-state index in [1.807, 2.05) is 19.4 Å². The van der Waals surface area contributed by atoms with Crippen LogP contribution in [0.5, 0.6) is 0 Å². The molecule has 0 aliphatic rings. The zero-order valence-corrected chi connectivity index (χ0v) is 12.2. The van der Waals surface area contributed by atoms with Gasteiger partial charge >= 0.3 is 5.97 Å². The molecular formula is C14H19N5O2. The topological polar surface area (TPSA) is 95.1 Å². The van der Waals surface area contributed by atoms with Gasteiger partial charge in [0, 0.05) is 26.0 Å². The molecule has 112 valence electrons. The van der Waals surface area contributed by atoms with Crippen LogP contribution < -0.4 is 11.1 Å². The van der Waals surface area contributed by atoms with Gasteiger partial charge in [0.05, 0.1) is 24.1 Å². The summed E-state index contributed by atoms with van der Waals surface area (Å²) in [6.07, 6.45) is 6.09. The normalized spacial score (nSPS) is 10.4. The number of nitrogens with one attached hydrogen (secondary N) is 1. The molecule has 0 radical (unpaired) electrons. The van der Waals surface area contributed by atoms with Crippen molar-refractivity contribution in [3.05, 3.63) is 35.8 Å². The van der Waals surface area contributed by atoms with E-state index >= 15 is 0 Å². The van der Waals surface area contributed by atoms with Gasteiger partial charge in [-0.2, -0.15) is 5.10 Å². The first-order valence-electron chi connectivity index (χ1n) is 6.74. The molecule has 2 aromatic heterocycles. The Bertz CT molecular complexity index is 624. The molecule has 0 amide bonds. The highest BCUT2D eigenvalue weighted by molar-refractivity contribution is 5.97. The third-order valence-corrected chi connectivity index (χ3v) is 2.95. The van der Waals surface area contributed by atoms with Crippen LogP contribution in [0.3, 0.4) is 0 Å². The van der Waals surface area contributed by atoms with Gasteiger partial charge in [0.15, 0.2) is 0 Å². The van der Waals surface area contributed by atoms with Crippen LogP contribution >= 0.6 is 0 Å². The lowest BCUT2D eigenvalue weighted by atomic mass is 10.2. The summed E-state index contributed by atoms with van der Waals surface area (Å²) in [5.74, 6) is 0.0529. The molecule has 0 saturated carbocycles. The molecule has 0 spiro atoms. The third-order valence-electron chi connectivity index (χ3n) is 2.95. The predicted molar refractivity (Wildman–Crippen MR) is 80.0 cm³/mol. The number of hydrogen-bond acceptors (Lipinski definition) is 6. The number of nitrogen functional groups attached to an aromatic ring is 1. The molecule has 0 aromatic carbocycles. The number of nitrogens with two attached hydrogens (primary N) is 1. The number of anilines is 2. The minimum atomic E-state index is -0.437. The van der Waals surface area contributed by atoms with E-state index in [2.05, 4.69) is 15.4 Å². The number of hydrogen-bond donors (Lipinski definition) is 2. The molecular weight excluding hydrogens is 270 g/mol. The number of ether oxygens (including phenoxy) is 1. The highest BCUT2D eigenvalue weighted by atomic mass is 16.5. The molecule has 0 aliphatic heterocycles. The fourth-order valence-corrected chi connectivity index (χ4v) is 1.93. The van der Waals surface area contributed by atoms with Gasteiger partial charge in [-0.3, -0.25) is 4.68 Å². The van der Waals surface area contributed by atoms with E-state index in [0.29, 0.717) is 30.2 Å². The Morgan fingerprint density at radius 1 is 1.52 bits per heavy atom. The second-order valence-electron chi connectivity index (χ2n) is 4.54. The van der Waals surface area contributed by atoms with Crippen molar-refractivity contribution in [2.45, 2.75) is 13.3 Å². The maximum atomic E-state index is 11.7. The average Bonchev–Trinajstić information content (AvgIpc) is 2.86. The first kappa shape index (κ1) is 14.8. The number of pyridine rings is 1. The summed E-state index contributed by atoms with van der Waals surface area (Å²) in [5, 5.41) is 7.23. The summed E-state index contributed by atoms with van der Waals surface area (Å²) < 4.78 is 6.71. The van der Waals surface area contributed by atoms with E-state index in [4.69, 9.17) is 10.5 Å². The Balaban J connectivity index is 2.00. The number of esters is 1. The van der Waals surface area contributed by atoms with Crippen molar-refractivity contribution in [2.75, 3.05) is 24.2 Å². The van der Waals surface area contributed by atoms with Gasteiger partial charge < -0.3 is 15.8 Å². The highest BCUT2D eigenvalue weighted by Crippen LogP contribution is 2.20. The Labute approximate surface area is 123 Å². The maximum Gasteiger partial charge on any atom is 0.340 e. The average molecular weight is 289 g/mol. The molecule has 2 rings (SSSR count). The quantitative estimate of drug-likeness (QED) is 0.777. The van der Waals surface area contributed by atoms with E-state index in [9.17, 15) is 4.79 Å². The molecule has 7 nitrogen and oxygen atoms in total. The summed E-state index contributed by atoms with van der Waals surface area (Å²) in [5.41, 5.74) is 7.71. The predicted octanol–water partition coefficient (Wildman–Crippen LogP) is 1.23. The summed E-state index contributed by atoms with van der Waals surface area (Å²) in [7, 11) is 1.87. The Kier molecular flexibility index (Phi) is 4.76. The molecule has 0 bridgehead atoms. The van der Waals surface area contributed by atoms with Crippen molar-refractivity contribution in [2.24, 2.45) is 7.05 Å². The molecule has 2 heterocycles. The molecule has 3 N–H and O–H groups in total. The Morgan fingerprint density at radius 2 is 2.33 bits per heavy atom. The lowest BCUT2D eigenvalue weighted by Crippen LogP contribution is -2.13. The first-order valence-corrected chi connectivity index (χ1v) is 6.74.